The fraction of sp³-hybridized carbons (Fsp3) is 0.222. The van der Waals surface area contributed by atoms with Gasteiger partial charge in [0.2, 0.25) is 0 Å². The zero-order chi connectivity index (χ0) is 8.97. The summed E-state index contributed by atoms with van der Waals surface area (Å²) in [6.07, 6.45) is 0.00398. The minimum atomic E-state index is -0.848. The SMILES string of the molecule is COc1ccccc1CC(=O)O.[NaH]. The molecule has 0 aliphatic heterocycles. The van der Waals surface area contributed by atoms with Crippen LogP contribution in [0.3, 0.4) is 0 Å². The Bertz CT molecular complexity index is 286. The molecule has 0 fully saturated rings. The third-order valence-electron chi connectivity index (χ3n) is 1.53. The molecule has 0 radical (unpaired) electrons. The number of ether oxygens (including phenoxy) is 1. The number of carboxylic acids is 1. The Balaban J connectivity index is 0.00000144. The fourth-order valence-electron chi connectivity index (χ4n) is 1.01. The fourth-order valence-corrected chi connectivity index (χ4v) is 1.01. The second-order valence-electron chi connectivity index (χ2n) is 2.38. The zero-order valence-corrected chi connectivity index (χ0v) is 6.78. The van der Waals surface area contributed by atoms with Crippen LogP contribution in [0.5, 0.6) is 5.75 Å². The molecule has 3 nitrogen and oxygen atoms in total. The molecule has 0 atom stereocenters. The Morgan fingerprint density at radius 2 is 2.08 bits per heavy atom. The van der Waals surface area contributed by atoms with E-state index in [4.69, 9.17) is 9.84 Å². The first-order valence-corrected chi connectivity index (χ1v) is 3.57. The van der Waals surface area contributed by atoms with E-state index in [-0.39, 0.29) is 36.0 Å². The van der Waals surface area contributed by atoms with Crippen LogP contribution < -0.4 is 4.74 Å². The zero-order valence-electron chi connectivity index (χ0n) is 6.78. The van der Waals surface area contributed by atoms with Gasteiger partial charge in [0.15, 0.2) is 0 Å². The molecule has 0 aliphatic rings. The van der Waals surface area contributed by atoms with Crippen molar-refractivity contribution in [3.8, 4) is 5.75 Å². The first kappa shape index (κ1) is 12.5. The van der Waals surface area contributed by atoms with Crippen LogP contribution in [-0.2, 0) is 11.2 Å². The summed E-state index contributed by atoms with van der Waals surface area (Å²) in [6.45, 7) is 0. The first-order chi connectivity index (χ1) is 5.74. The maximum absolute atomic E-state index is 10.4. The predicted molar refractivity (Wildman–Crippen MR) is 51.5 cm³/mol. The first-order valence-electron chi connectivity index (χ1n) is 3.57. The van der Waals surface area contributed by atoms with Gasteiger partial charge in [-0.2, -0.15) is 0 Å². The molecule has 1 rings (SSSR count). The average Bonchev–Trinajstić information content (AvgIpc) is 2.04. The van der Waals surface area contributed by atoms with Crippen LogP contribution in [0.25, 0.3) is 0 Å². The Kier molecular flexibility index (Phi) is 5.79. The number of carboxylic acid groups (broad SMARTS) is 1. The summed E-state index contributed by atoms with van der Waals surface area (Å²) in [5, 5.41) is 8.53. The molecule has 0 amide bonds. The molecule has 0 aliphatic carbocycles. The summed E-state index contributed by atoms with van der Waals surface area (Å²) in [5.41, 5.74) is 0.701. The van der Waals surface area contributed by atoms with Gasteiger partial charge in [0.25, 0.3) is 0 Å². The summed E-state index contributed by atoms with van der Waals surface area (Å²) in [4.78, 5) is 10.4. The number of carbonyl (C=O) groups is 1. The number of methoxy groups -OCH3 is 1. The van der Waals surface area contributed by atoms with E-state index in [0.717, 1.165) is 0 Å². The van der Waals surface area contributed by atoms with Gasteiger partial charge >= 0.3 is 35.5 Å². The molecule has 1 N–H and O–H groups in total. The Morgan fingerprint density at radius 3 is 2.62 bits per heavy atom. The number of benzene rings is 1. The van der Waals surface area contributed by atoms with Crippen LogP contribution in [0.1, 0.15) is 5.56 Å². The van der Waals surface area contributed by atoms with Crippen molar-refractivity contribution in [1.29, 1.82) is 0 Å². The second kappa shape index (κ2) is 6.02. The van der Waals surface area contributed by atoms with Crippen molar-refractivity contribution in [3.05, 3.63) is 29.8 Å². The molecule has 0 saturated carbocycles. The van der Waals surface area contributed by atoms with Crippen molar-refractivity contribution in [1.82, 2.24) is 0 Å². The van der Waals surface area contributed by atoms with Crippen molar-refractivity contribution in [3.63, 3.8) is 0 Å². The van der Waals surface area contributed by atoms with Crippen molar-refractivity contribution in [2.75, 3.05) is 7.11 Å². The second-order valence-corrected chi connectivity index (χ2v) is 2.38. The van der Waals surface area contributed by atoms with Crippen LogP contribution in [-0.4, -0.2) is 47.7 Å². The number of aliphatic carboxylic acids is 1. The number of hydrogen-bond donors (Lipinski definition) is 1. The molecule has 0 saturated heterocycles. The molecule has 1 aromatic rings. The van der Waals surface area contributed by atoms with Gasteiger partial charge in [-0.25, -0.2) is 0 Å². The maximum atomic E-state index is 10.4. The molecule has 1 aromatic carbocycles. The van der Waals surface area contributed by atoms with Crippen molar-refractivity contribution >= 4 is 35.5 Å². The van der Waals surface area contributed by atoms with Crippen LogP contribution in [0, 0.1) is 0 Å². The Morgan fingerprint density at radius 1 is 1.46 bits per heavy atom. The van der Waals surface area contributed by atoms with Crippen LogP contribution in [0.4, 0.5) is 0 Å². The van der Waals surface area contributed by atoms with Gasteiger partial charge in [-0.05, 0) is 6.07 Å². The van der Waals surface area contributed by atoms with E-state index in [1.165, 1.54) is 7.11 Å². The van der Waals surface area contributed by atoms with Crippen LogP contribution in [0.2, 0.25) is 0 Å². The molecule has 0 aromatic heterocycles. The quantitative estimate of drug-likeness (QED) is 0.713. The number of rotatable bonds is 3. The summed E-state index contributed by atoms with van der Waals surface area (Å²) >= 11 is 0. The number of para-hydroxylation sites is 1. The molecule has 0 unspecified atom stereocenters. The molecule has 13 heavy (non-hydrogen) atoms. The van der Waals surface area contributed by atoms with Gasteiger partial charge in [0.05, 0.1) is 13.5 Å². The van der Waals surface area contributed by atoms with E-state index in [2.05, 4.69) is 0 Å². The summed E-state index contributed by atoms with van der Waals surface area (Å²) < 4.78 is 4.98. The van der Waals surface area contributed by atoms with Crippen molar-refractivity contribution in [2.45, 2.75) is 6.42 Å². The molecular weight excluding hydrogens is 179 g/mol. The van der Waals surface area contributed by atoms with Gasteiger partial charge in [-0.1, -0.05) is 18.2 Å². The Hall–Kier alpha value is -0.510. The minimum absolute atomic E-state index is 0. The predicted octanol–water partition coefficient (Wildman–Crippen LogP) is 0.674. The van der Waals surface area contributed by atoms with Gasteiger partial charge < -0.3 is 9.84 Å². The van der Waals surface area contributed by atoms with Gasteiger partial charge in [-0.3, -0.25) is 4.79 Å². The summed E-state index contributed by atoms with van der Waals surface area (Å²) in [6, 6.07) is 7.09. The van der Waals surface area contributed by atoms with E-state index in [0.29, 0.717) is 11.3 Å². The van der Waals surface area contributed by atoms with E-state index in [9.17, 15) is 4.79 Å². The van der Waals surface area contributed by atoms with E-state index in [1.807, 2.05) is 6.07 Å². The standard InChI is InChI=1S/C9H10O3.Na.H/c1-12-8-5-3-2-4-7(8)6-9(10)11;;/h2-5H,6H2,1H3,(H,10,11);;. The van der Waals surface area contributed by atoms with Gasteiger partial charge in [0, 0.05) is 5.56 Å². The van der Waals surface area contributed by atoms with Crippen LogP contribution >= 0.6 is 0 Å². The summed E-state index contributed by atoms with van der Waals surface area (Å²) in [7, 11) is 1.53. The third kappa shape index (κ3) is 3.81. The Labute approximate surface area is 99.0 Å². The molecule has 0 spiro atoms. The topological polar surface area (TPSA) is 46.5 Å². The third-order valence-corrected chi connectivity index (χ3v) is 1.53. The van der Waals surface area contributed by atoms with E-state index < -0.39 is 5.97 Å². The van der Waals surface area contributed by atoms with Crippen LogP contribution in [0.15, 0.2) is 24.3 Å². The normalized spacial score (nSPS) is 8.69. The molecule has 0 heterocycles. The number of hydrogen-bond acceptors (Lipinski definition) is 2. The molecule has 0 bridgehead atoms. The van der Waals surface area contributed by atoms with E-state index in [1.54, 1.807) is 18.2 Å². The van der Waals surface area contributed by atoms with Crippen molar-refractivity contribution < 1.29 is 14.6 Å². The molecule has 66 valence electrons. The molecule has 4 heteroatoms. The monoisotopic (exact) mass is 190 g/mol. The summed E-state index contributed by atoms with van der Waals surface area (Å²) in [5.74, 6) is -0.223. The van der Waals surface area contributed by atoms with E-state index >= 15 is 0 Å². The van der Waals surface area contributed by atoms with Gasteiger partial charge in [0.1, 0.15) is 5.75 Å². The van der Waals surface area contributed by atoms with Gasteiger partial charge in [-0.15, -0.1) is 0 Å². The average molecular weight is 190 g/mol. The van der Waals surface area contributed by atoms with Crippen molar-refractivity contribution in [2.24, 2.45) is 0 Å². The molecular formula is C9H11NaO3.